The molecule has 7 heteroatoms. The molecule has 2 N–H and O–H groups in total. The maximum absolute atomic E-state index is 11.5. The lowest BCUT2D eigenvalue weighted by Gasteiger charge is -2.02. The van der Waals surface area contributed by atoms with Crippen molar-refractivity contribution in [3.8, 4) is 0 Å². The zero-order valence-corrected chi connectivity index (χ0v) is 9.35. The summed E-state index contributed by atoms with van der Waals surface area (Å²) in [5.41, 5.74) is 1.57. The fraction of sp³-hybridized carbons (Fsp3) is 0.0909. The van der Waals surface area contributed by atoms with Gasteiger partial charge in [0.1, 0.15) is 0 Å². The number of aromatic nitrogens is 3. The number of nitro groups is 1. The number of aromatic amines is 2. The van der Waals surface area contributed by atoms with Crippen LogP contribution in [0.3, 0.4) is 0 Å². The Morgan fingerprint density at radius 1 is 1.28 bits per heavy atom. The van der Waals surface area contributed by atoms with Gasteiger partial charge in [-0.2, -0.15) is 0 Å². The SMILES string of the molecule is Cc1cc([N+](=O)[O-])cc2c1ncc1c(=O)[nH][nH]c12. The normalized spacial score (nSPS) is 11.2. The molecule has 2 aromatic heterocycles. The van der Waals surface area contributed by atoms with Gasteiger partial charge in [0.2, 0.25) is 0 Å². The lowest BCUT2D eigenvalue weighted by atomic mass is 10.1. The first-order chi connectivity index (χ1) is 8.58. The average Bonchev–Trinajstić information content (AvgIpc) is 2.71. The highest BCUT2D eigenvalue weighted by atomic mass is 16.6. The van der Waals surface area contributed by atoms with Gasteiger partial charge in [0.25, 0.3) is 11.2 Å². The molecule has 7 nitrogen and oxygen atoms in total. The third kappa shape index (κ3) is 1.30. The second-order valence-electron chi connectivity index (χ2n) is 4.04. The molecule has 0 atom stereocenters. The first-order valence-corrected chi connectivity index (χ1v) is 5.22. The van der Waals surface area contributed by atoms with E-state index in [9.17, 15) is 14.9 Å². The highest BCUT2D eigenvalue weighted by Crippen LogP contribution is 2.27. The Balaban J connectivity index is 2.55. The van der Waals surface area contributed by atoms with Crippen molar-refractivity contribution in [1.29, 1.82) is 0 Å². The van der Waals surface area contributed by atoms with E-state index in [1.807, 2.05) is 0 Å². The van der Waals surface area contributed by atoms with E-state index in [-0.39, 0.29) is 11.2 Å². The van der Waals surface area contributed by atoms with E-state index >= 15 is 0 Å². The van der Waals surface area contributed by atoms with Crippen LogP contribution in [0.15, 0.2) is 23.1 Å². The molecular weight excluding hydrogens is 236 g/mol. The second-order valence-corrected chi connectivity index (χ2v) is 4.04. The van der Waals surface area contributed by atoms with Gasteiger partial charge in [-0.3, -0.25) is 30.1 Å². The number of hydrogen-bond acceptors (Lipinski definition) is 4. The van der Waals surface area contributed by atoms with Gasteiger partial charge in [-0.05, 0) is 12.5 Å². The molecule has 0 bridgehead atoms. The van der Waals surface area contributed by atoms with E-state index in [4.69, 9.17) is 0 Å². The summed E-state index contributed by atoms with van der Waals surface area (Å²) in [6.45, 7) is 1.75. The van der Waals surface area contributed by atoms with Crippen molar-refractivity contribution < 1.29 is 4.92 Å². The summed E-state index contributed by atoms with van der Waals surface area (Å²) in [5, 5.41) is 17.0. The molecule has 18 heavy (non-hydrogen) atoms. The van der Waals surface area contributed by atoms with Crippen molar-refractivity contribution in [3.63, 3.8) is 0 Å². The number of nitrogens with one attached hydrogen (secondary N) is 2. The maximum atomic E-state index is 11.5. The van der Waals surface area contributed by atoms with Gasteiger partial charge in [-0.15, -0.1) is 0 Å². The fourth-order valence-corrected chi connectivity index (χ4v) is 2.06. The van der Waals surface area contributed by atoms with Gasteiger partial charge in [0, 0.05) is 23.7 Å². The predicted molar refractivity (Wildman–Crippen MR) is 65.6 cm³/mol. The van der Waals surface area contributed by atoms with Gasteiger partial charge in [-0.25, -0.2) is 0 Å². The van der Waals surface area contributed by atoms with E-state index in [1.54, 1.807) is 6.92 Å². The number of hydrogen-bond donors (Lipinski definition) is 2. The zero-order chi connectivity index (χ0) is 12.9. The van der Waals surface area contributed by atoms with Gasteiger partial charge in [0.15, 0.2) is 0 Å². The summed E-state index contributed by atoms with van der Waals surface area (Å²) < 4.78 is 0. The maximum Gasteiger partial charge on any atom is 0.273 e. The Bertz CT molecular complexity index is 846. The van der Waals surface area contributed by atoms with E-state index in [0.29, 0.717) is 27.4 Å². The van der Waals surface area contributed by atoms with Crippen LogP contribution in [-0.2, 0) is 0 Å². The van der Waals surface area contributed by atoms with Crippen LogP contribution in [0.25, 0.3) is 21.8 Å². The molecule has 0 unspecified atom stereocenters. The number of nitrogens with zero attached hydrogens (tertiary/aromatic N) is 2. The average molecular weight is 244 g/mol. The van der Waals surface area contributed by atoms with Crippen molar-refractivity contribution >= 4 is 27.5 Å². The minimum Gasteiger partial charge on any atom is -0.297 e. The summed E-state index contributed by atoms with van der Waals surface area (Å²) in [7, 11) is 0. The molecule has 0 fully saturated rings. The van der Waals surface area contributed by atoms with Crippen molar-refractivity contribution in [2.75, 3.05) is 0 Å². The Morgan fingerprint density at radius 2 is 2.06 bits per heavy atom. The highest BCUT2D eigenvalue weighted by Gasteiger charge is 2.14. The number of fused-ring (bicyclic) bond motifs is 3. The highest BCUT2D eigenvalue weighted by molar-refractivity contribution is 6.04. The standard InChI is InChI=1S/C11H8N4O3/c1-5-2-6(15(17)18)3-7-9(5)12-4-8-10(7)13-14-11(8)16/h2-4H,1H3,(H2,13,14,16). The number of H-pyrrole nitrogens is 2. The van der Waals surface area contributed by atoms with Gasteiger partial charge < -0.3 is 0 Å². The predicted octanol–water partition coefficient (Wildman–Crippen LogP) is 1.62. The van der Waals surface area contributed by atoms with Crippen LogP contribution in [0.1, 0.15) is 5.56 Å². The Morgan fingerprint density at radius 3 is 2.78 bits per heavy atom. The smallest absolute Gasteiger partial charge is 0.273 e. The van der Waals surface area contributed by atoms with Gasteiger partial charge in [-0.1, -0.05) is 0 Å². The van der Waals surface area contributed by atoms with Crippen molar-refractivity contribution in [2.45, 2.75) is 6.92 Å². The molecule has 0 amide bonds. The number of rotatable bonds is 1. The molecule has 0 aliphatic heterocycles. The summed E-state index contributed by atoms with van der Waals surface area (Å²) in [5.74, 6) is 0. The van der Waals surface area contributed by atoms with E-state index in [2.05, 4.69) is 15.2 Å². The Labute approximate surface area is 99.6 Å². The van der Waals surface area contributed by atoms with Crippen LogP contribution >= 0.6 is 0 Å². The molecule has 0 aliphatic carbocycles. The molecule has 3 aromatic rings. The van der Waals surface area contributed by atoms with Crippen LogP contribution < -0.4 is 5.56 Å². The van der Waals surface area contributed by atoms with E-state index in [0.717, 1.165) is 0 Å². The molecule has 1 aromatic carbocycles. The van der Waals surface area contributed by atoms with Crippen molar-refractivity contribution in [1.82, 2.24) is 15.2 Å². The van der Waals surface area contributed by atoms with Gasteiger partial charge >= 0.3 is 0 Å². The minimum absolute atomic E-state index is 0.0173. The largest absolute Gasteiger partial charge is 0.297 e. The van der Waals surface area contributed by atoms with Crippen LogP contribution in [0, 0.1) is 17.0 Å². The first-order valence-electron chi connectivity index (χ1n) is 5.22. The van der Waals surface area contributed by atoms with Crippen LogP contribution in [-0.4, -0.2) is 20.1 Å². The topological polar surface area (TPSA) is 105 Å². The second kappa shape index (κ2) is 3.39. The number of benzene rings is 1. The third-order valence-electron chi connectivity index (χ3n) is 2.90. The number of aryl methyl sites for hydroxylation is 1. The van der Waals surface area contributed by atoms with E-state index in [1.165, 1.54) is 18.3 Å². The zero-order valence-electron chi connectivity index (χ0n) is 9.35. The fourth-order valence-electron chi connectivity index (χ4n) is 2.06. The minimum atomic E-state index is -0.462. The molecule has 90 valence electrons. The van der Waals surface area contributed by atoms with Crippen molar-refractivity contribution in [2.24, 2.45) is 0 Å². The molecule has 3 rings (SSSR count). The number of pyridine rings is 1. The lowest BCUT2D eigenvalue weighted by molar-refractivity contribution is -0.384. The molecule has 0 radical (unpaired) electrons. The number of non-ortho nitro benzene ring substituents is 1. The van der Waals surface area contributed by atoms with Crippen LogP contribution in [0.2, 0.25) is 0 Å². The van der Waals surface area contributed by atoms with Crippen LogP contribution in [0.4, 0.5) is 5.69 Å². The molecule has 0 aliphatic rings. The summed E-state index contributed by atoms with van der Waals surface area (Å²) in [4.78, 5) is 26.0. The molecule has 2 heterocycles. The monoisotopic (exact) mass is 244 g/mol. The molecule has 0 saturated heterocycles. The summed E-state index contributed by atoms with van der Waals surface area (Å²) in [6.07, 6.45) is 1.46. The lowest BCUT2D eigenvalue weighted by Crippen LogP contribution is -1.98. The first kappa shape index (κ1) is 10.5. The third-order valence-corrected chi connectivity index (χ3v) is 2.90. The Hall–Kier alpha value is -2.70. The molecule has 0 spiro atoms. The Kier molecular flexibility index (Phi) is 1.97. The van der Waals surface area contributed by atoms with Crippen molar-refractivity contribution in [3.05, 3.63) is 44.4 Å². The summed E-state index contributed by atoms with van der Waals surface area (Å²) >= 11 is 0. The summed E-state index contributed by atoms with van der Waals surface area (Å²) in [6, 6.07) is 2.88. The van der Waals surface area contributed by atoms with Crippen LogP contribution in [0.5, 0.6) is 0 Å². The quantitative estimate of drug-likeness (QED) is 0.501. The molecular formula is C11H8N4O3. The molecule has 0 saturated carbocycles. The number of nitro benzene ring substituents is 1. The van der Waals surface area contributed by atoms with E-state index < -0.39 is 4.92 Å². The van der Waals surface area contributed by atoms with Gasteiger partial charge in [0.05, 0.1) is 21.3 Å².